The zero-order valence-electron chi connectivity index (χ0n) is 16.3. The summed E-state index contributed by atoms with van der Waals surface area (Å²) in [5.74, 6) is 0.783. The van der Waals surface area contributed by atoms with Crippen LogP contribution < -0.4 is 13.9 Å². The second-order valence-electron chi connectivity index (χ2n) is 7.47. The molecule has 0 bridgehead atoms. The van der Waals surface area contributed by atoms with Crippen LogP contribution in [0.5, 0.6) is 5.75 Å². The normalized spacial score (nSPS) is 18.7. The van der Waals surface area contributed by atoms with E-state index in [4.69, 9.17) is 4.74 Å². The maximum Gasteiger partial charge on any atom is 0.264 e. The molecule has 0 spiro atoms. The second-order valence-corrected chi connectivity index (χ2v) is 9.44. The Labute approximate surface area is 165 Å². The Bertz CT molecular complexity index is 1030. The van der Waals surface area contributed by atoms with Crippen LogP contribution in [0.2, 0.25) is 0 Å². The molecule has 4 rings (SSSR count). The van der Waals surface area contributed by atoms with Crippen LogP contribution in [0, 0.1) is 5.92 Å². The molecule has 1 amide bonds. The van der Waals surface area contributed by atoms with Gasteiger partial charge in [0.1, 0.15) is 5.75 Å². The van der Waals surface area contributed by atoms with Gasteiger partial charge in [-0.25, -0.2) is 8.42 Å². The van der Waals surface area contributed by atoms with Crippen LogP contribution >= 0.6 is 0 Å². The highest BCUT2D eigenvalue weighted by atomic mass is 32.2. The van der Waals surface area contributed by atoms with Gasteiger partial charge >= 0.3 is 0 Å². The van der Waals surface area contributed by atoms with Gasteiger partial charge in [-0.05, 0) is 62.1 Å². The lowest BCUT2D eigenvalue weighted by Crippen LogP contribution is -2.36. The largest absolute Gasteiger partial charge is 0.495 e. The molecule has 7 heteroatoms. The fourth-order valence-corrected chi connectivity index (χ4v) is 5.07. The highest BCUT2D eigenvalue weighted by Crippen LogP contribution is 2.40. The van der Waals surface area contributed by atoms with E-state index < -0.39 is 10.0 Å². The van der Waals surface area contributed by atoms with Crippen LogP contribution in [0.3, 0.4) is 0 Å². The molecule has 28 heavy (non-hydrogen) atoms. The van der Waals surface area contributed by atoms with E-state index in [0.29, 0.717) is 17.9 Å². The quantitative estimate of drug-likeness (QED) is 0.773. The molecule has 1 aliphatic heterocycles. The van der Waals surface area contributed by atoms with E-state index in [0.717, 1.165) is 24.1 Å². The summed E-state index contributed by atoms with van der Waals surface area (Å²) in [5, 5.41) is 0. The third-order valence-electron chi connectivity index (χ3n) is 5.51. The van der Waals surface area contributed by atoms with Gasteiger partial charge in [0.15, 0.2) is 0 Å². The van der Waals surface area contributed by atoms with Gasteiger partial charge in [0.2, 0.25) is 5.91 Å². The van der Waals surface area contributed by atoms with Crippen LogP contribution in [0.1, 0.15) is 25.3 Å². The molecule has 1 saturated carbocycles. The number of rotatable bonds is 5. The number of nitrogens with zero attached hydrogens (tertiary/aromatic N) is 2. The molecule has 2 aliphatic rings. The molecule has 1 aliphatic carbocycles. The van der Waals surface area contributed by atoms with Crippen LogP contribution in [-0.2, 0) is 21.2 Å². The van der Waals surface area contributed by atoms with Crippen molar-refractivity contribution in [3.8, 4) is 5.75 Å². The standard InChI is InChI=1S/C21H24N2O4S/c1-14-12-16-13-17(10-11-18(16)23(14)21(24)15-8-9-15)28(25,26)22(2)19-6-4-5-7-20(19)27-3/h4-7,10-11,13-15H,8-9,12H2,1-3H3/t14-/m1/s1. The maximum absolute atomic E-state index is 13.2. The Kier molecular flexibility index (Phi) is 4.57. The predicted octanol–water partition coefficient (Wildman–Crippen LogP) is 3.21. The number of carbonyl (C=O) groups is 1. The minimum Gasteiger partial charge on any atom is -0.495 e. The van der Waals surface area contributed by atoms with Crippen molar-refractivity contribution < 1.29 is 17.9 Å². The zero-order chi connectivity index (χ0) is 20.1. The lowest BCUT2D eigenvalue weighted by atomic mass is 10.1. The van der Waals surface area contributed by atoms with Crippen molar-refractivity contribution in [3.63, 3.8) is 0 Å². The van der Waals surface area contributed by atoms with Crippen molar-refractivity contribution in [1.29, 1.82) is 0 Å². The van der Waals surface area contributed by atoms with Gasteiger partial charge in [-0.3, -0.25) is 9.10 Å². The number of hydrogen-bond acceptors (Lipinski definition) is 4. The molecule has 148 valence electrons. The highest BCUT2D eigenvalue weighted by molar-refractivity contribution is 7.92. The van der Waals surface area contributed by atoms with Gasteiger partial charge < -0.3 is 9.64 Å². The van der Waals surface area contributed by atoms with Crippen LogP contribution in [-0.4, -0.2) is 34.5 Å². The Morgan fingerprint density at radius 1 is 1.18 bits per heavy atom. The van der Waals surface area contributed by atoms with Crippen LogP contribution in [0.15, 0.2) is 47.4 Å². The lowest BCUT2D eigenvalue weighted by molar-refractivity contribution is -0.120. The fourth-order valence-electron chi connectivity index (χ4n) is 3.81. The van der Waals surface area contributed by atoms with E-state index in [9.17, 15) is 13.2 Å². The fraction of sp³-hybridized carbons (Fsp3) is 0.381. The minimum absolute atomic E-state index is 0.0491. The zero-order valence-corrected chi connectivity index (χ0v) is 17.1. The summed E-state index contributed by atoms with van der Waals surface area (Å²) in [6.45, 7) is 2.01. The minimum atomic E-state index is -3.76. The highest BCUT2D eigenvalue weighted by Gasteiger charge is 2.40. The first-order valence-corrected chi connectivity index (χ1v) is 10.9. The third kappa shape index (κ3) is 3.03. The van der Waals surface area contributed by atoms with Crippen molar-refractivity contribution in [1.82, 2.24) is 0 Å². The maximum atomic E-state index is 13.2. The number of carbonyl (C=O) groups excluding carboxylic acids is 1. The van der Waals surface area contributed by atoms with Crippen molar-refractivity contribution in [3.05, 3.63) is 48.0 Å². The third-order valence-corrected chi connectivity index (χ3v) is 7.28. The summed E-state index contributed by atoms with van der Waals surface area (Å²) in [5.41, 5.74) is 2.21. The number of ether oxygens (including phenoxy) is 1. The Balaban J connectivity index is 1.68. The smallest absolute Gasteiger partial charge is 0.264 e. The summed E-state index contributed by atoms with van der Waals surface area (Å²) in [4.78, 5) is 14.7. The first-order valence-electron chi connectivity index (χ1n) is 9.42. The summed E-state index contributed by atoms with van der Waals surface area (Å²) >= 11 is 0. The molecular formula is C21H24N2O4S. The molecule has 2 aromatic rings. The van der Waals surface area contributed by atoms with E-state index >= 15 is 0 Å². The molecule has 1 fully saturated rings. The summed E-state index contributed by atoms with van der Waals surface area (Å²) in [7, 11) is -0.720. The molecule has 1 atom stereocenters. The van der Waals surface area contributed by atoms with Crippen molar-refractivity contribution in [2.24, 2.45) is 5.92 Å². The number of hydrogen-bond donors (Lipinski definition) is 0. The molecule has 0 unspecified atom stereocenters. The van der Waals surface area contributed by atoms with E-state index in [1.54, 1.807) is 42.5 Å². The number of para-hydroxylation sites is 2. The first-order chi connectivity index (χ1) is 13.3. The van der Waals surface area contributed by atoms with Crippen molar-refractivity contribution in [2.75, 3.05) is 23.4 Å². The summed E-state index contributed by atoms with van der Waals surface area (Å²) in [6, 6.07) is 12.1. The molecule has 1 heterocycles. The Morgan fingerprint density at radius 2 is 1.89 bits per heavy atom. The SMILES string of the molecule is COc1ccccc1N(C)S(=O)(=O)c1ccc2c(c1)C[C@@H](C)N2C(=O)C1CC1. The topological polar surface area (TPSA) is 66.9 Å². The summed E-state index contributed by atoms with van der Waals surface area (Å²) < 4.78 is 33.0. The Hall–Kier alpha value is -2.54. The molecular weight excluding hydrogens is 376 g/mol. The van der Waals surface area contributed by atoms with Crippen LogP contribution in [0.4, 0.5) is 11.4 Å². The van der Waals surface area contributed by atoms with Gasteiger partial charge in [0.25, 0.3) is 10.0 Å². The van der Waals surface area contributed by atoms with E-state index in [1.165, 1.54) is 18.5 Å². The van der Waals surface area contributed by atoms with Crippen molar-refractivity contribution >= 4 is 27.3 Å². The number of anilines is 2. The number of benzene rings is 2. The van der Waals surface area contributed by atoms with Crippen LogP contribution in [0.25, 0.3) is 0 Å². The molecule has 0 N–H and O–H groups in total. The van der Waals surface area contributed by atoms with Gasteiger partial charge in [-0.1, -0.05) is 12.1 Å². The van der Waals surface area contributed by atoms with Gasteiger partial charge in [0, 0.05) is 24.7 Å². The van der Waals surface area contributed by atoms with E-state index in [1.807, 2.05) is 11.8 Å². The molecule has 0 aromatic heterocycles. The van der Waals surface area contributed by atoms with Gasteiger partial charge in [-0.15, -0.1) is 0 Å². The number of methoxy groups -OCH3 is 1. The molecule has 6 nitrogen and oxygen atoms in total. The van der Waals surface area contributed by atoms with E-state index in [-0.39, 0.29) is 22.8 Å². The molecule has 0 radical (unpaired) electrons. The summed E-state index contributed by atoms with van der Waals surface area (Å²) in [6.07, 6.45) is 2.57. The first kappa shape index (κ1) is 18.8. The predicted molar refractivity (Wildman–Crippen MR) is 108 cm³/mol. The number of sulfonamides is 1. The molecule has 2 aromatic carbocycles. The number of amides is 1. The average Bonchev–Trinajstić information content (AvgIpc) is 3.48. The van der Waals surface area contributed by atoms with E-state index in [2.05, 4.69) is 0 Å². The Morgan fingerprint density at radius 3 is 2.57 bits per heavy atom. The number of fused-ring (bicyclic) bond motifs is 1. The monoisotopic (exact) mass is 400 g/mol. The van der Waals surface area contributed by atoms with Gasteiger partial charge in [-0.2, -0.15) is 0 Å². The lowest BCUT2D eigenvalue weighted by Gasteiger charge is -2.23. The van der Waals surface area contributed by atoms with Gasteiger partial charge in [0.05, 0.1) is 17.7 Å². The average molecular weight is 401 g/mol. The van der Waals surface area contributed by atoms with Crippen molar-refractivity contribution in [2.45, 2.75) is 37.1 Å². The second kappa shape index (κ2) is 6.81. The molecule has 0 saturated heterocycles.